The molecule has 0 radical (unpaired) electrons. The number of nitrogens with one attached hydrogen (secondary N) is 1. The van der Waals surface area contributed by atoms with Crippen LogP contribution < -0.4 is 5.32 Å². The van der Waals surface area contributed by atoms with Gasteiger partial charge in [-0.2, -0.15) is 0 Å². The van der Waals surface area contributed by atoms with Crippen molar-refractivity contribution in [3.8, 4) is 11.1 Å². The molecule has 4 nitrogen and oxygen atoms in total. The molecule has 7 heteroatoms. The summed E-state index contributed by atoms with van der Waals surface area (Å²) in [4.78, 5) is 13.4. The number of hydrogen-bond acceptors (Lipinski definition) is 4. The van der Waals surface area contributed by atoms with Crippen molar-refractivity contribution in [3.05, 3.63) is 47.8 Å². The molecule has 0 bridgehead atoms. The predicted molar refractivity (Wildman–Crippen MR) is 116 cm³/mol. The minimum Gasteiger partial charge on any atom is -0.352 e. The van der Waals surface area contributed by atoms with Gasteiger partial charge in [-0.15, -0.1) is 11.8 Å². The highest BCUT2D eigenvalue weighted by molar-refractivity contribution is 7.98. The predicted octanol–water partition coefficient (Wildman–Crippen LogP) is 4.93. The zero-order valence-corrected chi connectivity index (χ0v) is 18.3. The Bertz CT molecular complexity index is 999. The van der Waals surface area contributed by atoms with Crippen LogP contribution in [0.1, 0.15) is 42.5 Å². The van der Waals surface area contributed by atoms with Crippen LogP contribution in [0.4, 0.5) is 4.39 Å². The van der Waals surface area contributed by atoms with Crippen molar-refractivity contribution in [2.45, 2.75) is 41.9 Å². The van der Waals surface area contributed by atoms with Crippen molar-refractivity contribution >= 4 is 27.5 Å². The largest absolute Gasteiger partial charge is 0.352 e. The van der Waals surface area contributed by atoms with Crippen molar-refractivity contribution in [2.24, 2.45) is 5.92 Å². The maximum Gasteiger partial charge on any atom is 0.252 e. The molecule has 0 atom stereocenters. The Kier molecular flexibility index (Phi) is 7.01. The molecule has 1 fully saturated rings. The standard InChI is InChI=1S/C22H26FNO3S2/c1-28-20-13-17(23)9-11-18(20)16-8-10-19(21(12-16)29(2,26)27)22(25)24-14-15-6-4-3-5-7-15/h8-13,15H,3-7,14H2,1-2H3,(H,24,25). The summed E-state index contributed by atoms with van der Waals surface area (Å²) in [6, 6.07) is 9.18. The highest BCUT2D eigenvalue weighted by Gasteiger charge is 2.22. The van der Waals surface area contributed by atoms with E-state index in [0.717, 1.165) is 24.7 Å². The maximum absolute atomic E-state index is 13.6. The Balaban J connectivity index is 1.92. The van der Waals surface area contributed by atoms with Crippen molar-refractivity contribution in [1.29, 1.82) is 0 Å². The lowest BCUT2D eigenvalue weighted by atomic mass is 9.89. The number of benzene rings is 2. The fourth-order valence-electron chi connectivity index (χ4n) is 3.81. The van der Waals surface area contributed by atoms with E-state index < -0.39 is 9.84 Å². The second-order valence-electron chi connectivity index (χ2n) is 7.54. The van der Waals surface area contributed by atoms with E-state index in [2.05, 4.69) is 5.32 Å². The molecule has 0 spiro atoms. The van der Waals surface area contributed by atoms with Crippen molar-refractivity contribution in [3.63, 3.8) is 0 Å². The second-order valence-corrected chi connectivity index (χ2v) is 10.4. The van der Waals surface area contributed by atoms with Crippen LogP contribution in [-0.2, 0) is 9.84 Å². The molecule has 2 aromatic rings. The van der Waals surface area contributed by atoms with Crippen LogP contribution in [0.5, 0.6) is 0 Å². The van der Waals surface area contributed by atoms with Crippen LogP contribution >= 0.6 is 11.8 Å². The Morgan fingerprint density at radius 3 is 2.52 bits per heavy atom. The third kappa shape index (κ3) is 5.39. The SMILES string of the molecule is CSc1cc(F)ccc1-c1ccc(C(=O)NCC2CCCCC2)c(S(C)(=O)=O)c1. The van der Waals surface area contributed by atoms with Gasteiger partial charge in [0.1, 0.15) is 5.82 Å². The summed E-state index contributed by atoms with van der Waals surface area (Å²) < 4.78 is 38.4. The molecule has 0 unspecified atom stereocenters. The van der Waals surface area contributed by atoms with Gasteiger partial charge in [0.2, 0.25) is 0 Å². The van der Waals surface area contributed by atoms with Crippen LogP contribution in [0.2, 0.25) is 0 Å². The molecule has 1 aliphatic rings. The van der Waals surface area contributed by atoms with Gasteiger partial charge in [-0.25, -0.2) is 12.8 Å². The van der Waals surface area contributed by atoms with Crippen LogP contribution in [0.25, 0.3) is 11.1 Å². The van der Waals surface area contributed by atoms with E-state index in [1.54, 1.807) is 18.2 Å². The summed E-state index contributed by atoms with van der Waals surface area (Å²) in [5, 5.41) is 2.91. The van der Waals surface area contributed by atoms with Gasteiger partial charge in [-0.05, 0) is 60.4 Å². The number of sulfone groups is 1. The first-order valence-corrected chi connectivity index (χ1v) is 12.9. The highest BCUT2D eigenvalue weighted by atomic mass is 32.2. The van der Waals surface area contributed by atoms with E-state index in [0.29, 0.717) is 22.9 Å². The minimum atomic E-state index is -3.62. The Hall–Kier alpha value is -1.86. The van der Waals surface area contributed by atoms with E-state index in [1.807, 2.05) is 6.26 Å². The quantitative estimate of drug-likeness (QED) is 0.654. The van der Waals surface area contributed by atoms with Gasteiger partial charge in [0.05, 0.1) is 10.5 Å². The van der Waals surface area contributed by atoms with E-state index in [1.165, 1.54) is 49.2 Å². The number of thioether (sulfide) groups is 1. The smallest absolute Gasteiger partial charge is 0.252 e. The fourth-order valence-corrected chi connectivity index (χ4v) is 5.35. The molecular weight excluding hydrogens is 409 g/mol. The number of rotatable bonds is 6. The summed E-state index contributed by atoms with van der Waals surface area (Å²) in [5.74, 6) is -0.260. The number of hydrogen-bond donors (Lipinski definition) is 1. The molecule has 2 aromatic carbocycles. The van der Waals surface area contributed by atoms with Gasteiger partial charge < -0.3 is 5.32 Å². The van der Waals surface area contributed by atoms with Crippen molar-refractivity contribution < 1.29 is 17.6 Å². The monoisotopic (exact) mass is 435 g/mol. The summed E-state index contributed by atoms with van der Waals surface area (Å²) in [6.45, 7) is 0.568. The molecular formula is C22H26FNO3S2. The number of amides is 1. The van der Waals surface area contributed by atoms with E-state index >= 15 is 0 Å². The molecule has 1 N–H and O–H groups in total. The molecule has 0 aromatic heterocycles. The first-order chi connectivity index (χ1) is 13.8. The minimum absolute atomic E-state index is 0.00692. The zero-order chi connectivity index (χ0) is 21.0. The summed E-state index contributed by atoms with van der Waals surface area (Å²) in [5.41, 5.74) is 1.52. The lowest BCUT2D eigenvalue weighted by molar-refractivity contribution is 0.0940. The molecule has 156 valence electrons. The highest BCUT2D eigenvalue weighted by Crippen LogP contribution is 2.33. The molecule has 1 amide bonds. The zero-order valence-electron chi connectivity index (χ0n) is 16.7. The fraction of sp³-hybridized carbons (Fsp3) is 0.409. The number of halogens is 1. The van der Waals surface area contributed by atoms with Crippen molar-refractivity contribution in [2.75, 3.05) is 19.1 Å². The Morgan fingerprint density at radius 2 is 1.86 bits per heavy atom. The third-order valence-electron chi connectivity index (χ3n) is 5.38. The molecule has 0 aliphatic heterocycles. The average molecular weight is 436 g/mol. The Labute approximate surface area is 176 Å². The lowest BCUT2D eigenvalue weighted by Crippen LogP contribution is -2.31. The molecule has 1 saturated carbocycles. The normalized spacial score (nSPS) is 15.3. The van der Waals surface area contributed by atoms with Gasteiger partial charge in [0.25, 0.3) is 5.91 Å². The second kappa shape index (κ2) is 9.30. The summed E-state index contributed by atoms with van der Waals surface area (Å²) in [6.07, 6.45) is 8.73. The Morgan fingerprint density at radius 1 is 1.14 bits per heavy atom. The molecule has 3 rings (SSSR count). The van der Waals surface area contributed by atoms with Gasteiger partial charge in [0.15, 0.2) is 9.84 Å². The first-order valence-electron chi connectivity index (χ1n) is 9.76. The average Bonchev–Trinajstić information content (AvgIpc) is 2.71. The van der Waals surface area contributed by atoms with Gasteiger partial charge >= 0.3 is 0 Å². The third-order valence-corrected chi connectivity index (χ3v) is 7.29. The van der Waals surface area contributed by atoms with Crippen LogP contribution in [0.3, 0.4) is 0 Å². The van der Waals surface area contributed by atoms with E-state index in [4.69, 9.17) is 0 Å². The number of carbonyl (C=O) groups excluding carboxylic acids is 1. The van der Waals surface area contributed by atoms with Gasteiger partial charge in [-0.1, -0.05) is 31.4 Å². The molecule has 0 heterocycles. The first kappa shape index (κ1) is 21.8. The summed E-state index contributed by atoms with van der Waals surface area (Å²) in [7, 11) is -3.62. The molecule has 29 heavy (non-hydrogen) atoms. The van der Waals surface area contributed by atoms with E-state index in [-0.39, 0.29) is 22.2 Å². The van der Waals surface area contributed by atoms with Gasteiger partial charge in [-0.3, -0.25) is 4.79 Å². The van der Waals surface area contributed by atoms with Crippen LogP contribution in [0, 0.1) is 11.7 Å². The maximum atomic E-state index is 13.6. The van der Waals surface area contributed by atoms with Crippen LogP contribution in [-0.4, -0.2) is 33.4 Å². The van der Waals surface area contributed by atoms with Gasteiger partial charge in [0, 0.05) is 17.7 Å². The summed E-state index contributed by atoms with van der Waals surface area (Å²) >= 11 is 1.38. The van der Waals surface area contributed by atoms with Crippen LogP contribution in [0.15, 0.2) is 46.2 Å². The molecule has 1 aliphatic carbocycles. The van der Waals surface area contributed by atoms with E-state index in [9.17, 15) is 17.6 Å². The topological polar surface area (TPSA) is 63.2 Å². The number of carbonyl (C=O) groups is 1. The lowest BCUT2D eigenvalue weighted by Gasteiger charge is -2.22. The molecule has 0 saturated heterocycles. The van der Waals surface area contributed by atoms with Crippen molar-refractivity contribution in [1.82, 2.24) is 5.32 Å².